The van der Waals surface area contributed by atoms with Crippen LogP contribution in [-0.4, -0.2) is 28.8 Å². The van der Waals surface area contributed by atoms with Crippen molar-refractivity contribution in [3.8, 4) is 5.75 Å². The van der Waals surface area contributed by atoms with E-state index in [1.807, 2.05) is 44.2 Å². The van der Waals surface area contributed by atoms with Gasteiger partial charge in [-0.3, -0.25) is 0 Å². The Hall–Kier alpha value is -0.670. The predicted molar refractivity (Wildman–Crippen MR) is 65.5 cm³/mol. The molecule has 1 rings (SSSR count). The van der Waals surface area contributed by atoms with E-state index in [-0.39, 0.29) is 11.4 Å². The second-order valence-electron chi connectivity index (χ2n) is 3.48. The van der Waals surface area contributed by atoms with Crippen LogP contribution in [0.5, 0.6) is 5.75 Å². The number of aliphatic hydroxyl groups excluding tert-OH is 1. The smallest absolute Gasteiger partial charge is 0.119 e. The maximum absolute atomic E-state index is 9.28. The normalized spacial score (nSPS) is 14.6. The van der Waals surface area contributed by atoms with E-state index in [1.165, 1.54) is 0 Å². The highest BCUT2D eigenvalue weighted by Gasteiger charge is 2.08. The average molecular weight is 226 g/mol. The molecule has 0 aliphatic rings. The Morgan fingerprint density at radius 2 is 1.93 bits per heavy atom. The third-order valence-electron chi connectivity index (χ3n) is 2.16. The zero-order chi connectivity index (χ0) is 11.1. The lowest BCUT2D eigenvalue weighted by molar-refractivity contribution is 0.196. The molecule has 2 atom stereocenters. The second-order valence-corrected chi connectivity index (χ2v) is 4.96. The van der Waals surface area contributed by atoms with Crippen molar-refractivity contribution in [2.24, 2.45) is 0 Å². The van der Waals surface area contributed by atoms with Crippen LogP contribution in [0, 0.1) is 0 Å². The van der Waals surface area contributed by atoms with Gasteiger partial charge in [-0.25, -0.2) is 0 Å². The molecule has 0 aliphatic carbocycles. The molecular weight excluding hydrogens is 208 g/mol. The van der Waals surface area contributed by atoms with Crippen molar-refractivity contribution in [1.29, 1.82) is 0 Å². The number of benzene rings is 1. The van der Waals surface area contributed by atoms with Crippen molar-refractivity contribution in [1.82, 2.24) is 0 Å². The fourth-order valence-corrected chi connectivity index (χ4v) is 1.88. The number of para-hydroxylation sites is 1. The van der Waals surface area contributed by atoms with Gasteiger partial charge in [0.15, 0.2) is 0 Å². The number of hydrogen-bond donors (Lipinski definition) is 1. The molecule has 15 heavy (non-hydrogen) atoms. The Morgan fingerprint density at radius 1 is 1.27 bits per heavy atom. The summed E-state index contributed by atoms with van der Waals surface area (Å²) in [7, 11) is 0. The first-order valence-electron chi connectivity index (χ1n) is 5.17. The van der Waals surface area contributed by atoms with Crippen LogP contribution in [-0.2, 0) is 0 Å². The summed E-state index contributed by atoms with van der Waals surface area (Å²) >= 11 is 1.73. The Labute approximate surface area is 95.7 Å². The Bertz CT molecular complexity index is 262. The van der Waals surface area contributed by atoms with Crippen LogP contribution >= 0.6 is 11.8 Å². The summed E-state index contributed by atoms with van der Waals surface area (Å²) in [5.74, 6) is 1.81. The molecule has 0 heterocycles. The SMILES string of the molecule is CC(O)C(C)SCCOc1ccccc1. The molecular formula is C12H18O2S. The fraction of sp³-hybridized carbons (Fsp3) is 0.500. The van der Waals surface area contributed by atoms with Crippen molar-refractivity contribution in [2.75, 3.05) is 12.4 Å². The molecule has 2 unspecified atom stereocenters. The van der Waals surface area contributed by atoms with E-state index in [9.17, 15) is 5.11 Å². The first-order chi connectivity index (χ1) is 7.20. The lowest BCUT2D eigenvalue weighted by atomic mass is 10.3. The highest BCUT2D eigenvalue weighted by Crippen LogP contribution is 2.15. The monoisotopic (exact) mass is 226 g/mol. The minimum Gasteiger partial charge on any atom is -0.493 e. The predicted octanol–water partition coefficient (Wildman–Crippen LogP) is 2.57. The van der Waals surface area contributed by atoms with Crippen LogP contribution in [0.15, 0.2) is 30.3 Å². The van der Waals surface area contributed by atoms with E-state index in [2.05, 4.69) is 0 Å². The van der Waals surface area contributed by atoms with Gasteiger partial charge in [-0.05, 0) is 19.1 Å². The van der Waals surface area contributed by atoms with Crippen molar-refractivity contribution in [2.45, 2.75) is 25.2 Å². The molecule has 0 saturated heterocycles. The van der Waals surface area contributed by atoms with Crippen LogP contribution < -0.4 is 4.74 Å². The highest BCUT2D eigenvalue weighted by molar-refractivity contribution is 7.99. The molecule has 0 amide bonds. The summed E-state index contributed by atoms with van der Waals surface area (Å²) in [6.45, 7) is 4.53. The van der Waals surface area contributed by atoms with Crippen molar-refractivity contribution >= 4 is 11.8 Å². The van der Waals surface area contributed by atoms with E-state index >= 15 is 0 Å². The lowest BCUT2D eigenvalue weighted by Crippen LogP contribution is -2.17. The summed E-state index contributed by atoms with van der Waals surface area (Å²) in [5, 5.41) is 9.54. The van der Waals surface area contributed by atoms with Crippen LogP contribution in [0.2, 0.25) is 0 Å². The van der Waals surface area contributed by atoms with E-state index in [0.717, 1.165) is 11.5 Å². The Morgan fingerprint density at radius 3 is 2.53 bits per heavy atom. The zero-order valence-electron chi connectivity index (χ0n) is 9.22. The number of hydrogen-bond acceptors (Lipinski definition) is 3. The molecule has 0 bridgehead atoms. The molecule has 2 nitrogen and oxygen atoms in total. The Kier molecular flexibility index (Phi) is 5.58. The molecule has 84 valence electrons. The summed E-state index contributed by atoms with van der Waals surface area (Å²) < 4.78 is 5.53. The first-order valence-corrected chi connectivity index (χ1v) is 6.22. The topological polar surface area (TPSA) is 29.5 Å². The molecule has 0 aliphatic heterocycles. The molecule has 0 radical (unpaired) electrons. The summed E-state index contributed by atoms with van der Waals surface area (Å²) in [6.07, 6.45) is -0.258. The van der Waals surface area contributed by atoms with Crippen molar-refractivity contribution < 1.29 is 9.84 Å². The number of ether oxygens (including phenoxy) is 1. The van der Waals surface area contributed by atoms with Crippen LogP contribution in [0.1, 0.15) is 13.8 Å². The highest BCUT2D eigenvalue weighted by atomic mass is 32.2. The minimum absolute atomic E-state index is 0.258. The first kappa shape index (κ1) is 12.4. The van der Waals surface area contributed by atoms with Gasteiger partial charge in [0.25, 0.3) is 0 Å². The van der Waals surface area contributed by atoms with Gasteiger partial charge in [0.05, 0.1) is 12.7 Å². The van der Waals surface area contributed by atoms with Gasteiger partial charge < -0.3 is 9.84 Å². The van der Waals surface area contributed by atoms with E-state index < -0.39 is 0 Å². The summed E-state index contributed by atoms with van der Waals surface area (Å²) in [4.78, 5) is 0. The minimum atomic E-state index is -0.258. The Balaban J connectivity index is 2.12. The van der Waals surface area contributed by atoms with Gasteiger partial charge in [0.2, 0.25) is 0 Å². The molecule has 1 aromatic rings. The quantitative estimate of drug-likeness (QED) is 0.756. The standard InChI is InChI=1S/C12H18O2S/c1-10(13)11(2)15-9-8-14-12-6-4-3-5-7-12/h3-7,10-11,13H,8-9H2,1-2H3. The fourth-order valence-electron chi connectivity index (χ4n) is 1.05. The van der Waals surface area contributed by atoms with Gasteiger partial charge in [-0.2, -0.15) is 11.8 Å². The largest absolute Gasteiger partial charge is 0.493 e. The zero-order valence-corrected chi connectivity index (χ0v) is 10.0. The molecule has 3 heteroatoms. The van der Waals surface area contributed by atoms with E-state index in [0.29, 0.717) is 6.61 Å². The molecule has 1 N–H and O–H groups in total. The van der Waals surface area contributed by atoms with Gasteiger partial charge in [-0.15, -0.1) is 0 Å². The summed E-state index contributed by atoms with van der Waals surface area (Å²) in [6, 6.07) is 9.78. The van der Waals surface area contributed by atoms with Gasteiger partial charge in [-0.1, -0.05) is 25.1 Å². The molecule has 0 fully saturated rings. The van der Waals surface area contributed by atoms with Crippen molar-refractivity contribution in [3.05, 3.63) is 30.3 Å². The molecule has 0 spiro atoms. The van der Waals surface area contributed by atoms with Gasteiger partial charge in [0.1, 0.15) is 5.75 Å². The van der Waals surface area contributed by atoms with E-state index in [4.69, 9.17) is 4.74 Å². The third kappa shape index (κ3) is 5.09. The molecule has 0 aromatic heterocycles. The van der Waals surface area contributed by atoms with Gasteiger partial charge in [0, 0.05) is 11.0 Å². The summed E-state index contributed by atoms with van der Waals surface area (Å²) in [5.41, 5.74) is 0. The second kappa shape index (κ2) is 6.75. The number of aliphatic hydroxyl groups is 1. The molecule has 0 saturated carbocycles. The van der Waals surface area contributed by atoms with Crippen LogP contribution in [0.3, 0.4) is 0 Å². The van der Waals surface area contributed by atoms with E-state index in [1.54, 1.807) is 11.8 Å². The van der Waals surface area contributed by atoms with Crippen LogP contribution in [0.4, 0.5) is 0 Å². The number of rotatable bonds is 6. The van der Waals surface area contributed by atoms with Gasteiger partial charge >= 0.3 is 0 Å². The van der Waals surface area contributed by atoms with Crippen molar-refractivity contribution in [3.63, 3.8) is 0 Å². The average Bonchev–Trinajstić information content (AvgIpc) is 2.25. The maximum atomic E-state index is 9.28. The lowest BCUT2D eigenvalue weighted by Gasteiger charge is -2.14. The van der Waals surface area contributed by atoms with Crippen LogP contribution in [0.25, 0.3) is 0 Å². The maximum Gasteiger partial charge on any atom is 0.119 e. The third-order valence-corrected chi connectivity index (χ3v) is 3.48. The number of thioether (sulfide) groups is 1. The molecule has 1 aromatic carbocycles.